The Bertz CT molecular complexity index is 516. The first-order valence-corrected chi connectivity index (χ1v) is 7.24. The first-order chi connectivity index (χ1) is 9.95. The van der Waals surface area contributed by atoms with E-state index in [1.807, 2.05) is 6.92 Å². The number of hydrogen-bond donors (Lipinski definition) is 1. The predicted octanol–water partition coefficient (Wildman–Crippen LogP) is 1.74. The van der Waals surface area contributed by atoms with Crippen LogP contribution in [0.2, 0.25) is 0 Å². The number of likely N-dealkylation sites (tertiary alicyclic amines) is 1. The number of nitrogens with zero attached hydrogens (tertiary/aromatic N) is 1. The summed E-state index contributed by atoms with van der Waals surface area (Å²) in [5, 5.41) is 2.94. The van der Waals surface area contributed by atoms with Crippen LogP contribution in [0.3, 0.4) is 0 Å². The lowest BCUT2D eigenvalue weighted by Gasteiger charge is -2.28. The minimum atomic E-state index is -0.264. The first-order valence-electron chi connectivity index (χ1n) is 7.24. The topological polar surface area (TPSA) is 49.4 Å². The number of rotatable bonds is 4. The zero-order valence-electron chi connectivity index (χ0n) is 12.4. The number of amides is 2. The van der Waals surface area contributed by atoms with Crippen molar-refractivity contribution in [2.75, 3.05) is 13.6 Å². The highest BCUT2D eigenvalue weighted by molar-refractivity contribution is 5.86. The number of halogens is 1. The number of hydrogen-bond acceptors (Lipinski definition) is 2. The Morgan fingerprint density at radius 1 is 1.43 bits per heavy atom. The fourth-order valence-electron chi connectivity index (χ4n) is 2.55. The molecule has 1 aliphatic heterocycles. The maximum absolute atomic E-state index is 12.8. The molecule has 5 heteroatoms. The second-order valence-corrected chi connectivity index (χ2v) is 5.75. The molecule has 1 fully saturated rings. The Hall–Kier alpha value is -1.91. The van der Waals surface area contributed by atoms with Crippen LogP contribution in [0.4, 0.5) is 4.39 Å². The molecule has 4 nitrogen and oxygen atoms in total. The van der Waals surface area contributed by atoms with Crippen molar-refractivity contribution in [3.63, 3.8) is 0 Å². The zero-order chi connectivity index (χ0) is 15.4. The normalized spacial score (nSPS) is 20.2. The molecular formula is C16H21FN2O2. The number of carbonyl (C=O) groups is 2. The van der Waals surface area contributed by atoms with Gasteiger partial charge in [-0.15, -0.1) is 0 Å². The molecule has 0 saturated carbocycles. The lowest BCUT2D eigenvalue weighted by atomic mass is 9.95. The molecule has 1 aliphatic rings. The van der Waals surface area contributed by atoms with Crippen LogP contribution in [-0.2, 0) is 16.0 Å². The molecular weight excluding hydrogens is 271 g/mol. The van der Waals surface area contributed by atoms with E-state index >= 15 is 0 Å². The van der Waals surface area contributed by atoms with E-state index in [0.717, 1.165) is 5.56 Å². The van der Waals surface area contributed by atoms with E-state index in [4.69, 9.17) is 0 Å². The molecule has 1 saturated heterocycles. The van der Waals surface area contributed by atoms with Gasteiger partial charge in [-0.2, -0.15) is 0 Å². The summed E-state index contributed by atoms with van der Waals surface area (Å²) in [5.74, 6) is -0.539. The molecule has 1 aromatic carbocycles. The van der Waals surface area contributed by atoms with Crippen LogP contribution in [0, 0.1) is 11.7 Å². The number of piperidine rings is 1. The molecule has 2 unspecified atom stereocenters. The zero-order valence-corrected chi connectivity index (χ0v) is 12.4. The SMILES string of the molecule is CC(Cc1ccc(F)cc1)NC(=O)C1CCN(C)C(=O)C1. The molecule has 0 aromatic heterocycles. The van der Waals surface area contributed by atoms with Gasteiger partial charge in [0.1, 0.15) is 5.82 Å². The number of carbonyl (C=O) groups excluding carboxylic acids is 2. The maximum Gasteiger partial charge on any atom is 0.223 e. The third-order valence-corrected chi connectivity index (χ3v) is 3.87. The van der Waals surface area contributed by atoms with E-state index in [0.29, 0.717) is 19.4 Å². The van der Waals surface area contributed by atoms with Crippen molar-refractivity contribution in [1.29, 1.82) is 0 Å². The summed E-state index contributed by atoms with van der Waals surface area (Å²) < 4.78 is 12.8. The van der Waals surface area contributed by atoms with Gasteiger partial charge in [-0.25, -0.2) is 4.39 Å². The van der Waals surface area contributed by atoms with Crippen molar-refractivity contribution >= 4 is 11.8 Å². The highest BCUT2D eigenvalue weighted by atomic mass is 19.1. The second-order valence-electron chi connectivity index (χ2n) is 5.75. The van der Waals surface area contributed by atoms with Crippen LogP contribution in [0.1, 0.15) is 25.3 Å². The molecule has 0 bridgehead atoms. The lowest BCUT2D eigenvalue weighted by molar-refractivity contribution is -0.139. The van der Waals surface area contributed by atoms with E-state index in [1.165, 1.54) is 12.1 Å². The van der Waals surface area contributed by atoms with E-state index < -0.39 is 0 Å². The molecule has 0 aliphatic carbocycles. The van der Waals surface area contributed by atoms with E-state index in [2.05, 4.69) is 5.32 Å². The largest absolute Gasteiger partial charge is 0.353 e. The minimum absolute atomic E-state index is 0.0209. The van der Waals surface area contributed by atoms with Crippen molar-refractivity contribution in [3.05, 3.63) is 35.6 Å². The van der Waals surface area contributed by atoms with Crippen LogP contribution in [0.25, 0.3) is 0 Å². The predicted molar refractivity (Wildman–Crippen MR) is 78.1 cm³/mol. The van der Waals surface area contributed by atoms with Crippen molar-refractivity contribution < 1.29 is 14.0 Å². The average molecular weight is 292 g/mol. The van der Waals surface area contributed by atoms with E-state index in [1.54, 1.807) is 24.1 Å². The molecule has 114 valence electrons. The van der Waals surface area contributed by atoms with Gasteiger partial charge in [-0.1, -0.05) is 12.1 Å². The molecule has 0 spiro atoms. The van der Waals surface area contributed by atoms with Crippen molar-refractivity contribution in [1.82, 2.24) is 10.2 Å². The smallest absolute Gasteiger partial charge is 0.223 e. The second kappa shape index (κ2) is 6.70. The van der Waals surface area contributed by atoms with Gasteiger partial charge in [0, 0.05) is 32.0 Å². The molecule has 2 amide bonds. The van der Waals surface area contributed by atoms with Gasteiger partial charge in [-0.05, 0) is 37.5 Å². The first kappa shape index (κ1) is 15.5. The molecule has 1 heterocycles. The molecule has 2 atom stereocenters. The molecule has 21 heavy (non-hydrogen) atoms. The van der Waals surface area contributed by atoms with Crippen molar-refractivity contribution in [2.45, 2.75) is 32.2 Å². The van der Waals surface area contributed by atoms with Crippen LogP contribution in [0.15, 0.2) is 24.3 Å². The van der Waals surface area contributed by atoms with E-state index in [9.17, 15) is 14.0 Å². The summed E-state index contributed by atoms with van der Waals surface area (Å²) in [4.78, 5) is 25.4. The molecule has 1 N–H and O–H groups in total. The fraction of sp³-hybridized carbons (Fsp3) is 0.500. The minimum Gasteiger partial charge on any atom is -0.353 e. The third-order valence-electron chi connectivity index (χ3n) is 3.87. The van der Waals surface area contributed by atoms with Crippen molar-refractivity contribution in [3.8, 4) is 0 Å². The molecule has 2 rings (SSSR count). The third kappa shape index (κ3) is 4.28. The Morgan fingerprint density at radius 2 is 2.10 bits per heavy atom. The van der Waals surface area contributed by atoms with Crippen LogP contribution in [0.5, 0.6) is 0 Å². The van der Waals surface area contributed by atoms with Crippen molar-refractivity contribution in [2.24, 2.45) is 5.92 Å². The standard InChI is InChI=1S/C16H21FN2O2/c1-11(9-12-3-5-14(17)6-4-12)18-16(21)13-7-8-19(2)15(20)10-13/h3-6,11,13H,7-10H2,1-2H3,(H,18,21). The number of benzene rings is 1. The summed E-state index contributed by atoms with van der Waals surface area (Å²) in [6.45, 7) is 2.54. The van der Waals surface area contributed by atoms with Gasteiger partial charge in [0.05, 0.1) is 0 Å². The van der Waals surface area contributed by atoms with Gasteiger partial charge in [0.25, 0.3) is 0 Å². The van der Waals surface area contributed by atoms with Gasteiger partial charge in [-0.3, -0.25) is 9.59 Å². The quantitative estimate of drug-likeness (QED) is 0.919. The van der Waals surface area contributed by atoms with Crippen LogP contribution < -0.4 is 5.32 Å². The van der Waals surface area contributed by atoms with Gasteiger partial charge < -0.3 is 10.2 Å². The summed E-state index contributed by atoms with van der Waals surface area (Å²) >= 11 is 0. The Morgan fingerprint density at radius 3 is 2.71 bits per heavy atom. The summed E-state index contributed by atoms with van der Waals surface area (Å²) in [7, 11) is 1.76. The van der Waals surface area contributed by atoms with Gasteiger partial charge in [0.15, 0.2) is 0 Å². The summed E-state index contributed by atoms with van der Waals surface area (Å²) in [6.07, 6.45) is 1.63. The summed E-state index contributed by atoms with van der Waals surface area (Å²) in [6, 6.07) is 6.23. The summed E-state index contributed by atoms with van der Waals surface area (Å²) in [5.41, 5.74) is 0.976. The maximum atomic E-state index is 12.8. The van der Waals surface area contributed by atoms with Gasteiger partial charge >= 0.3 is 0 Å². The molecule has 0 radical (unpaired) electrons. The monoisotopic (exact) mass is 292 g/mol. The highest BCUT2D eigenvalue weighted by Crippen LogP contribution is 2.17. The highest BCUT2D eigenvalue weighted by Gasteiger charge is 2.29. The number of nitrogens with one attached hydrogen (secondary N) is 1. The average Bonchev–Trinajstić information content (AvgIpc) is 2.44. The van der Waals surface area contributed by atoms with E-state index in [-0.39, 0.29) is 36.0 Å². The Labute approximate surface area is 124 Å². The van der Waals surface area contributed by atoms with Gasteiger partial charge in [0.2, 0.25) is 11.8 Å². The molecule has 1 aromatic rings. The Kier molecular flexibility index (Phi) is 4.94. The Balaban J connectivity index is 1.84. The lowest BCUT2D eigenvalue weighted by Crippen LogP contribution is -2.44. The van der Waals surface area contributed by atoms with Crippen LogP contribution >= 0.6 is 0 Å². The van der Waals surface area contributed by atoms with Crippen LogP contribution in [-0.4, -0.2) is 36.3 Å². The fourth-order valence-corrected chi connectivity index (χ4v) is 2.55.